The molecule has 4 heteroatoms. The van der Waals surface area contributed by atoms with Crippen LogP contribution in [0.4, 0.5) is 4.39 Å². The third-order valence-corrected chi connectivity index (χ3v) is 6.92. The van der Waals surface area contributed by atoms with Crippen LogP contribution >= 0.6 is 0 Å². The summed E-state index contributed by atoms with van der Waals surface area (Å²) >= 11 is 0. The highest BCUT2D eigenvalue weighted by Crippen LogP contribution is 2.65. The molecule has 2 fully saturated rings. The Balaban J connectivity index is 1.42. The third-order valence-electron chi connectivity index (χ3n) is 6.92. The fourth-order valence-corrected chi connectivity index (χ4v) is 4.77. The Morgan fingerprint density at radius 1 is 1.33 bits per heavy atom. The summed E-state index contributed by atoms with van der Waals surface area (Å²) in [5.74, 6) is 0.525. The van der Waals surface area contributed by atoms with Crippen LogP contribution in [0.3, 0.4) is 0 Å². The molecule has 3 nitrogen and oxygen atoms in total. The van der Waals surface area contributed by atoms with E-state index in [4.69, 9.17) is 4.74 Å². The molecule has 0 spiro atoms. The molecule has 0 amide bonds. The largest absolute Gasteiger partial charge is 0.389 e. The number of aliphatic hydroxyl groups excluding tert-OH is 1. The summed E-state index contributed by atoms with van der Waals surface area (Å²) in [4.78, 5) is 0. The highest BCUT2D eigenvalue weighted by molar-refractivity contribution is 5.16. The van der Waals surface area contributed by atoms with Crippen molar-refractivity contribution in [2.75, 3.05) is 13.2 Å². The van der Waals surface area contributed by atoms with Gasteiger partial charge in [-0.25, -0.2) is 4.39 Å². The van der Waals surface area contributed by atoms with E-state index in [0.29, 0.717) is 29.0 Å². The van der Waals surface area contributed by atoms with Crippen LogP contribution in [-0.2, 0) is 11.3 Å². The van der Waals surface area contributed by atoms with Crippen LogP contribution in [0.5, 0.6) is 0 Å². The molecule has 2 N–H and O–H groups in total. The molecule has 2 aliphatic rings. The van der Waals surface area contributed by atoms with E-state index in [1.54, 1.807) is 18.2 Å². The van der Waals surface area contributed by atoms with Gasteiger partial charge in [0.05, 0.1) is 19.3 Å². The summed E-state index contributed by atoms with van der Waals surface area (Å²) in [6, 6.07) is 7.05. The normalized spacial score (nSPS) is 32.2. The fourth-order valence-electron chi connectivity index (χ4n) is 4.77. The van der Waals surface area contributed by atoms with Gasteiger partial charge in [0, 0.05) is 18.2 Å². The number of rotatable bonds is 7. The topological polar surface area (TPSA) is 41.5 Å². The maximum Gasteiger partial charge on any atom is 0.128 e. The van der Waals surface area contributed by atoms with Crippen molar-refractivity contribution < 1.29 is 14.2 Å². The molecule has 0 radical (unpaired) electrons. The molecule has 0 unspecified atom stereocenters. The number of ether oxygens (including phenoxy) is 1. The first-order chi connectivity index (χ1) is 11.3. The Morgan fingerprint density at radius 2 is 2.08 bits per heavy atom. The van der Waals surface area contributed by atoms with E-state index in [9.17, 15) is 9.50 Å². The zero-order valence-electron chi connectivity index (χ0n) is 15.0. The first kappa shape index (κ1) is 17.8. The minimum absolute atomic E-state index is 0.194. The molecular weight excluding hydrogens is 305 g/mol. The lowest BCUT2D eigenvalue weighted by Crippen LogP contribution is -2.47. The van der Waals surface area contributed by atoms with Crippen molar-refractivity contribution in [1.29, 1.82) is 0 Å². The Hall–Kier alpha value is -0.970. The van der Waals surface area contributed by atoms with Crippen molar-refractivity contribution >= 4 is 0 Å². The second kappa shape index (κ2) is 6.74. The average molecular weight is 335 g/mol. The van der Waals surface area contributed by atoms with E-state index >= 15 is 0 Å². The number of fused-ring (bicyclic) bond motifs is 2. The van der Waals surface area contributed by atoms with Gasteiger partial charge in [-0.2, -0.15) is 0 Å². The second-order valence-electron chi connectivity index (χ2n) is 8.33. The van der Waals surface area contributed by atoms with E-state index in [1.165, 1.54) is 25.3 Å². The molecule has 0 saturated heterocycles. The molecule has 134 valence electrons. The summed E-state index contributed by atoms with van der Waals surface area (Å²) < 4.78 is 19.0. The van der Waals surface area contributed by atoms with Crippen molar-refractivity contribution in [2.24, 2.45) is 16.7 Å². The van der Waals surface area contributed by atoms with Gasteiger partial charge in [0.2, 0.25) is 0 Å². The molecule has 2 bridgehead atoms. The van der Waals surface area contributed by atoms with E-state index in [1.807, 2.05) is 0 Å². The van der Waals surface area contributed by atoms with Crippen LogP contribution < -0.4 is 5.32 Å². The molecule has 2 saturated carbocycles. The zero-order chi connectivity index (χ0) is 17.4. The SMILES string of the molecule is CC1(C)[C@@H]2CC[C@]1(C)[C@H](NC[C@H](O)COCc1ccccc1F)C2. The summed E-state index contributed by atoms with van der Waals surface area (Å²) in [6.45, 7) is 8.11. The molecule has 4 atom stereocenters. The van der Waals surface area contributed by atoms with Crippen molar-refractivity contribution in [2.45, 2.75) is 58.8 Å². The summed E-state index contributed by atoms with van der Waals surface area (Å²) in [7, 11) is 0. The van der Waals surface area contributed by atoms with Gasteiger partial charge in [0.1, 0.15) is 5.82 Å². The molecule has 0 aromatic heterocycles. The maximum absolute atomic E-state index is 13.5. The Labute approximate surface area is 144 Å². The standard InChI is InChI=1S/C20H30FNO2/c1-19(2)15-8-9-20(19,3)18(10-15)22-11-16(23)13-24-12-14-6-4-5-7-17(14)21/h4-7,15-16,18,22-23H,8-13H2,1-3H3/t15-,16+,18-,20-/m1/s1. The zero-order valence-corrected chi connectivity index (χ0v) is 15.0. The maximum atomic E-state index is 13.5. The first-order valence-corrected chi connectivity index (χ1v) is 9.07. The number of halogens is 1. The van der Waals surface area contributed by atoms with Crippen LogP contribution in [0.25, 0.3) is 0 Å². The molecule has 1 aromatic rings. The predicted molar refractivity (Wildman–Crippen MR) is 93.1 cm³/mol. The van der Waals surface area contributed by atoms with Gasteiger partial charge in [0.25, 0.3) is 0 Å². The van der Waals surface area contributed by atoms with Gasteiger partial charge < -0.3 is 15.2 Å². The second-order valence-corrected chi connectivity index (χ2v) is 8.33. The monoisotopic (exact) mass is 335 g/mol. The van der Waals surface area contributed by atoms with E-state index in [0.717, 1.165) is 5.92 Å². The van der Waals surface area contributed by atoms with Crippen molar-refractivity contribution in [3.05, 3.63) is 35.6 Å². The smallest absolute Gasteiger partial charge is 0.128 e. The minimum Gasteiger partial charge on any atom is -0.389 e. The van der Waals surface area contributed by atoms with E-state index in [-0.39, 0.29) is 19.0 Å². The Kier molecular flexibility index (Phi) is 5.01. The first-order valence-electron chi connectivity index (χ1n) is 9.07. The lowest BCUT2D eigenvalue weighted by Gasteiger charge is -2.40. The Morgan fingerprint density at radius 3 is 2.71 bits per heavy atom. The van der Waals surface area contributed by atoms with E-state index < -0.39 is 6.10 Å². The lowest BCUT2D eigenvalue weighted by atomic mass is 9.69. The quantitative estimate of drug-likeness (QED) is 0.801. The molecule has 0 aliphatic heterocycles. The Bertz CT molecular complexity index is 577. The van der Waals surface area contributed by atoms with Crippen LogP contribution in [0.1, 0.15) is 45.6 Å². The number of hydrogen-bond donors (Lipinski definition) is 2. The van der Waals surface area contributed by atoms with Crippen molar-refractivity contribution in [1.82, 2.24) is 5.32 Å². The highest BCUT2D eigenvalue weighted by Gasteiger charge is 2.60. The third kappa shape index (κ3) is 3.12. The summed E-state index contributed by atoms with van der Waals surface area (Å²) in [5, 5.41) is 13.7. The average Bonchev–Trinajstić information content (AvgIpc) is 2.88. The van der Waals surface area contributed by atoms with Gasteiger partial charge in [-0.15, -0.1) is 0 Å². The molecular formula is C20H30FNO2. The predicted octanol–water partition coefficient (Wildman–Crippen LogP) is 3.51. The number of hydrogen-bond acceptors (Lipinski definition) is 3. The molecule has 2 aliphatic carbocycles. The molecule has 1 aromatic carbocycles. The summed E-state index contributed by atoms with van der Waals surface area (Å²) in [5.41, 5.74) is 1.21. The van der Waals surface area contributed by atoms with Gasteiger partial charge in [0.15, 0.2) is 0 Å². The van der Waals surface area contributed by atoms with Gasteiger partial charge in [-0.3, -0.25) is 0 Å². The lowest BCUT2D eigenvalue weighted by molar-refractivity contribution is 0.0223. The van der Waals surface area contributed by atoms with Crippen molar-refractivity contribution in [3.63, 3.8) is 0 Å². The van der Waals surface area contributed by atoms with Gasteiger partial charge >= 0.3 is 0 Å². The number of aliphatic hydroxyl groups is 1. The number of benzene rings is 1. The van der Waals surface area contributed by atoms with Gasteiger partial charge in [-0.05, 0) is 42.1 Å². The van der Waals surface area contributed by atoms with Crippen LogP contribution in [0, 0.1) is 22.6 Å². The molecule has 0 heterocycles. The highest BCUT2D eigenvalue weighted by atomic mass is 19.1. The van der Waals surface area contributed by atoms with Crippen LogP contribution in [0.15, 0.2) is 24.3 Å². The van der Waals surface area contributed by atoms with Crippen LogP contribution in [-0.4, -0.2) is 30.4 Å². The van der Waals surface area contributed by atoms with Crippen LogP contribution in [0.2, 0.25) is 0 Å². The van der Waals surface area contributed by atoms with Gasteiger partial charge in [-0.1, -0.05) is 39.0 Å². The summed E-state index contributed by atoms with van der Waals surface area (Å²) in [6.07, 6.45) is 3.23. The fraction of sp³-hybridized carbons (Fsp3) is 0.700. The number of nitrogens with one attached hydrogen (secondary N) is 1. The molecule has 24 heavy (non-hydrogen) atoms. The van der Waals surface area contributed by atoms with E-state index in [2.05, 4.69) is 26.1 Å². The van der Waals surface area contributed by atoms with Crippen molar-refractivity contribution in [3.8, 4) is 0 Å². The minimum atomic E-state index is -0.567. The molecule has 3 rings (SSSR count).